The van der Waals surface area contributed by atoms with Crippen LogP contribution in [0.25, 0.3) is 22.0 Å². The van der Waals surface area contributed by atoms with Gasteiger partial charge in [-0.25, -0.2) is 0 Å². The van der Waals surface area contributed by atoms with Crippen LogP contribution in [0.15, 0.2) is 65.8 Å². The maximum atomic E-state index is 13.3. The molecule has 0 N–H and O–H groups in total. The standard InChI is InChI=1S/C29H30N4O3S/c1-4-6-11-18-37-29-30-27-26(31-32-29)22-14-9-10-15-23(22)33(19(3)34)28(36-27)25-21-13-8-7-12-20(21)16-17-24(25)35-5-2/h7-10,12-17,28H,4-6,11,18H2,1-3H3/t28-/m1/s1. The highest BCUT2D eigenvalue weighted by molar-refractivity contribution is 7.99. The van der Waals surface area contributed by atoms with Gasteiger partial charge in [-0.15, -0.1) is 10.2 Å². The van der Waals surface area contributed by atoms with Crippen molar-refractivity contribution in [3.8, 4) is 22.9 Å². The van der Waals surface area contributed by atoms with Gasteiger partial charge in [-0.3, -0.25) is 9.69 Å². The van der Waals surface area contributed by atoms with Gasteiger partial charge in [-0.05, 0) is 36.2 Å². The Morgan fingerprint density at radius 3 is 2.65 bits per heavy atom. The van der Waals surface area contributed by atoms with E-state index in [0.29, 0.717) is 34.8 Å². The number of rotatable bonds is 8. The summed E-state index contributed by atoms with van der Waals surface area (Å²) in [6.45, 7) is 6.15. The smallest absolute Gasteiger partial charge is 0.247 e. The first kappa shape index (κ1) is 25.0. The molecule has 3 aromatic carbocycles. The van der Waals surface area contributed by atoms with Crippen LogP contribution in [0.4, 0.5) is 5.69 Å². The number of anilines is 1. The Bertz CT molecular complexity index is 1430. The van der Waals surface area contributed by atoms with E-state index < -0.39 is 6.23 Å². The molecule has 0 bridgehead atoms. The zero-order valence-electron chi connectivity index (χ0n) is 21.3. The van der Waals surface area contributed by atoms with Crippen molar-refractivity contribution in [2.45, 2.75) is 51.4 Å². The highest BCUT2D eigenvalue weighted by Gasteiger charge is 2.37. The summed E-state index contributed by atoms with van der Waals surface area (Å²) in [5, 5.41) is 11.5. The van der Waals surface area contributed by atoms with Gasteiger partial charge in [-0.1, -0.05) is 80.1 Å². The molecule has 0 saturated carbocycles. The fourth-order valence-corrected chi connectivity index (χ4v) is 5.41. The zero-order chi connectivity index (χ0) is 25.8. The molecule has 37 heavy (non-hydrogen) atoms. The zero-order valence-corrected chi connectivity index (χ0v) is 22.1. The van der Waals surface area contributed by atoms with Crippen LogP contribution < -0.4 is 14.4 Å². The summed E-state index contributed by atoms with van der Waals surface area (Å²) in [6, 6.07) is 19.7. The number of hydrogen-bond acceptors (Lipinski definition) is 7. The first-order valence-corrected chi connectivity index (χ1v) is 13.7. The number of aromatic nitrogens is 3. The van der Waals surface area contributed by atoms with Crippen LogP contribution in [0.1, 0.15) is 51.8 Å². The first-order chi connectivity index (χ1) is 18.1. The highest BCUT2D eigenvalue weighted by Crippen LogP contribution is 2.46. The molecule has 1 atom stereocenters. The van der Waals surface area contributed by atoms with Crippen LogP contribution in [-0.2, 0) is 4.79 Å². The third kappa shape index (κ3) is 4.98. The molecule has 1 aromatic heterocycles. The van der Waals surface area contributed by atoms with Crippen LogP contribution >= 0.6 is 11.8 Å². The van der Waals surface area contributed by atoms with E-state index in [4.69, 9.17) is 14.5 Å². The third-order valence-corrected chi connectivity index (χ3v) is 7.23. The molecule has 2 heterocycles. The van der Waals surface area contributed by atoms with Crippen LogP contribution in [0.2, 0.25) is 0 Å². The van der Waals surface area contributed by atoms with Gasteiger partial charge in [0, 0.05) is 18.2 Å². The topological polar surface area (TPSA) is 77.4 Å². The van der Waals surface area contributed by atoms with Gasteiger partial charge < -0.3 is 9.47 Å². The maximum Gasteiger partial charge on any atom is 0.247 e. The molecule has 1 aliphatic rings. The fourth-order valence-electron chi connectivity index (χ4n) is 4.63. The maximum absolute atomic E-state index is 13.3. The third-order valence-electron chi connectivity index (χ3n) is 6.31. The summed E-state index contributed by atoms with van der Waals surface area (Å²) in [5.74, 6) is 1.76. The minimum atomic E-state index is -0.817. The van der Waals surface area contributed by atoms with Crippen LogP contribution in [0, 0.1) is 0 Å². The fraction of sp³-hybridized carbons (Fsp3) is 0.310. The average molecular weight is 515 g/mol. The van der Waals surface area contributed by atoms with Crippen molar-refractivity contribution >= 4 is 34.1 Å². The molecule has 1 amide bonds. The molecular formula is C29H30N4O3S. The molecule has 8 heteroatoms. The Labute approximate surface area is 221 Å². The number of thioether (sulfide) groups is 1. The molecule has 0 saturated heterocycles. The summed E-state index contributed by atoms with van der Waals surface area (Å²) in [4.78, 5) is 19.7. The Kier molecular flexibility index (Phi) is 7.55. The predicted molar refractivity (Wildman–Crippen MR) is 147 cm³/mol. The summed E-state index contributed by atoms with van der Waals surface area (Å²) in [7, 11) is 0. The highest BCUT2D eigenvalue weighted by atomic mass is 32.2. The second-order valence-corrected chi connectivity index (χ2v) is 9.87. The van der Waals surface area contributed by atoms with E-state index in [0.717, 1.165) is 46.9 Å². The molecule has 0 unspecified atom stereocenters. The number of nitrogens with zero attached hydrogens (tertiary/aromatic N) is 4. The van der Waals surface area contributed by atoms with E-state index in [-0.39, 0.29) is 5.91 Å². The number of ether oxygens (including phenoxy) is 2. The van der Waals surface area contributed by atoms with Gasteiger partial charge in [0.25, 0.3) is 0 Å². The van der Waals surface area contributed by atoms with Gasteiger partial charge in [0.1, 0.15) is 5.75 Å². The minimum absolute atomic E-state index is 0.164. The predicted octanol–water partition coefficient (Wildman–Crippen LogP) is 6.82. The minimum Gasteiger partial charge on any atom is -0.493 e. The molecule has 1 aliphatic heterocycles. The monoisotopic (exact) mass is 514 g/mol. The lowest BCUT2D eigenvalue weighted by Gasteiger charge is -2.31. The van der Waals surface area contributed by atoms with E-state index >= 15 is 0 Å². The molecule has 5 rings (SSSR count). The summed E-state index contributed by atoms with van der Waals surface area (Å²) >= 11 is 1.57. The van der Waals surface area contributed by atoms with Gasteiger partial charge in [0.15, 0.2) is 5.69 Å². The lowest BCUT2D eigenvalue weighted by atomic mass is 10.0. The quantitative estimate of drug-likeness (QED) is 0.189. The van der Waals surface area contributed by atoms with Crippen molar-refractivity contribution in [1.82, 2.24) is 15.2 Å². The molecule has 0 radical (unpaired) electrons. The second kappa shape index (κ2) is 11.2. The number of carbonyl (C=O) groups is 1. The summed E-state index contributed by atoms with van der Waals surface area (Å²) in [6.07, 6.45) is 2.58. The number of carbonyl (C=O) groups excluding carboxylic acids is 1. The Hall–Kier alpha value is -3.65. The Balaban J connectivity index is 1.70. The number of fused-ring (bicyclic) bond motifs is 4. The van der Waals surface area contributed by atoms with E-state index in [1.54, 1.807) is 23.6 Å². The van der Waals surface area contributed by atoms with Crippen molar-refractivity contribution in [2.75, 3.05) is 17.3 Å². The summed E-state index contributed by atoms with van der Waals surface area (Å²) in [5.41, 5.74) is 2.72. The Morgan fingerprint density at radius 1 is 1.03 bits per heavy atom. The molecule has 190 valence electrons. The van der Waals surface area contributed by atoms with Crippen molar-refractivity contribution < 1.29 is 14.3 Å². The number of hydrogen-bond donors (Lipinski definition) is 0. The largest absolute Gasteiger partial charge is 0.493 e. The van der Waals surface area contributed by atoms with E-state index in [1.165, 1.54) is 0 Å². The summed E-state index contributed by atoms with van der Waals surface area (Å²) < 4.78 is 12.7. The van der Waals surface area contributed by atoms with E-state index in [2.05, 4.69) is 17.1 Å². The van der Waals surface area contributed by atoms with Crippen LogP contribution in [0.5, 0.6) is 11.6 Å². The SMILES string of the molecule is CCCCCSc1nnc2c(n1)O[C@H](c1c(OCC)ccc3ccccc13)N(C(C)=O)c1ccccc1-2. The second-order valence-electron chi connectivity index (χ2n) is 8.81. The average Bonchev–Trinajstić information content (AvgIpc) is 3.05. The lowest BCUT2D eigenvalue weighted by Crippen LogP contribution is -2.36. The molecule has 0 fully saturated rings. The number of benzene rings is 3. The molecule has 4 aromatic rings. The normalized spacial score (nSPS) is 14.5. The number of unbranched alkanes of at least 4 members (excludes halogenated alkanes) is 2. The van der Waals surface area contributed by atoms with Crippen molar-refractivity contribution in [2.24, 2.45) is 0 Å². The van der Waals surface area contributed by atoms with Gasteiger partial charge in [0.2, 0.25) is 23.2 Å². The van der Waals surface area contributed by atoms with Gasteiger partial charge in [-0.2, -0.15) is 4.98 Å². The molecule has 0 aliphatic carbocycles. The first-order valence-electron chi connectivity index (χ1n) is 12.7. The number of amides is 1. The lowest BCUT2D eigenvalue weighted by molar-refractivity contribution is -0.118. The van der Waals surface area contributed by atoms with Gasteiger partial charge in [0.05, 0.1) is 17.9 Å². The van der Waals surface area contributed by atoms with Crippen molar-refractivity contribution in [1.29, 1.82) is 0 Å². The van der Waals surface area contributed by atoms with E-state index in [1.807, 2.05) is 67.6 Å². The molecular weight excluding hydrogens is 484 g/mol. The van der Waals surface area contributed by atoms with Crippen molar-refractivity contribution in [3.05, 3.63) is 66.2 Å². The molecule has 0 spiro atoms. The van der Waals surface area contributed by atoms with Crippen molar-refractivity contribution in [3.63, 3.8) is 0 Å². The molecule has 7 nitrogen and oxygen atoms in total. The van der Waals surface area contributed by atoms with E-state index in [9.17, 15) is 4.79 Å². The van der Waals surface area contributed by atoms with Crippen LogP contribution in [0.3, 0.4) is 0 Å². The Morgan fingerprint density at radius 2 is 1.84 bits per heavy atom. The van der Waals surface area contributed by atoms with Gasteiger partial charge >= 0.3 is 0 Å². The van der Waals surface area contributed by atoms with Crippen LogP contribution in [-0.4, -0.2) is 33.4 Å². The number of para-hydroxylation sites is 1.